The number of alkyl halides is 3. The van der Waals surface area contributed by atoms with E-state index in [0.717, 1.165) is 22.9 Å². The fourth-order valence-corrected chi connectivity index (χ4v) is 2.98. The Kier molecular flexibility index (Phi) is 5.45. The number of carbonyl (C=O) groups excluding carboxylic acids is 1. The van der Waals surface area contributed by atoms with Crippen LogP contribution in [0.4, 0.5) is 13.2 Å². The van der Waals surface area contributed by atoms with Gasteiger partial charge < -0.3 is 4.74 Å². The molecule has 0 saturated carbocycles. The third-order valence-corrected chi connectivity index (χ3v) is 4.33. The second-order valence-corrected chi connectivity index (χ2v) is 6.30. The van der Waals surface area contributed by atoms with Crippen LogP contribution in [0.15, 0.2) is 59.4 Å². The van der Waals surface area contributed by atoms with Crippen molar-refractivity contribution in [3.63, 3.8) is 0 Å². The van der Waals surface area contributed by atoms with E-state index in [1.807, 2.05) is 30.3 Å². The van der Waals surface area contributed by atoms with Crippen molar-refractivity contribution < 1.29 is 22.7 Å². The lowest BCUT2D eigenvalue weighted by Gasteiger charge is -2.08. The summed E-state index contributed by atoms with van der Waals surface area (Å²) in [7, 11) is 0.813. The number of aromatic amines is 1. The van der Waals surface area contributed by atoms with Crippen molar-refractivity contribution in [3.8, 4) is 5.69 Å². The summed E-state index contributed by atoms with van der Waals surface area (Å²) in [6.07, 6.45) is -4.40. The van der Waals surface area contributed by atoms with Crippen molar-refractivity contribution in [1.29, 1.82) is 0 Å². The molecule has 1 N–H and O–H groups in total. The molecule has 0 radical (unpaired) electrons. The molecule has 0 saturated heterocycles. The predicted molar refractivity (Wildman–Crippen MR) is 102 cm³/mol. The average molecular weight is 402 g/mol. The van der Waals surface area contributed by atoms with Crippen LogP contribution in [0.3, 0.4) is 0 Å². The number of halogens is 3. The molecule has 0 atom stereocenters. The van der Waals surface area contributed by atoms with E-state index < -0.39 is 28.5 Å². The van der Waals surface area contributed by atoms with Gasteiger partial charge in [0, 0.05) is 0 Å². The Morgan fingerprint density at radius 3 is 2.21 bits per heavy atom. The van der Waals surface area contributed by atoms with Crippen molar-refractivity contribution in [3.05, 3.63) is 86.6 Å². The summed E-state index contributed by atoms with van der Waals surface area (Å²) >= 11 is 0. The number of benzene rings is 2. The van der Waals surface area contributed by atoms with E-state index >= 15 is 0 Å². The summed E-state index contributed by atoms with van der Waals surface area (Å²) in [5.74, 6) is -1.65. The number of nitrogens with zero attached hydrogens (tertiary/aromatic N) is 1. The van der Waals surface area contributed by atoms with Gasteiger partial charge in [-0.15, -0.1) is 0 Å². The topological polar surface area (TPSA) is 64.1 Å². The summed E-state index contributed by atoms with van der Waals surface area (Å²) in [6.45, 7) is 3.45. The third kappa shape index (κ3) is 4.16. The van der Waals surface area contributed by atoms with Gasteiger partial charge in [-0.25, -0.2) is 9.48 Å². The minimum Gasteiger partial charge on any atom is -0.465 e. The van der Waals surface area contributed by atoms with Gasteiger partial charge in [0.1, 0.15) is 0 Å². The van der Waals surface area contributed by atoms with E-state index in [9.17, 15) is 22.8 Å². The van der Waals surface area contributed by atoms with Crippen LogP contribution in [0.5, 0.6) is 0 Å². The summed E-state index contributed by atoms with van der Waals surface area (Å²) in [5, 5.41) is 1.30. The number of carbonyl (C=O) groups is 1. The van der Waals surface area contributed by atoms with Crippen LogP contribution in [0.1, 0.15) is 11.1 Å². The minimum absolute atomic E-state index is 0.314. The van der Waals surface area contributed by atoms with Gasteiger partial charge in [-0.05, 0) is 29.7 Å². The Labute approximate surface area is 163 Å². The second-order valence-electron chi connectivity index (χ2n) is 6.30. The summed E-state index contributed by atoms with van der Waals surface area (Å²) in [5.41, 5.74) is -0.350. The molecule has 5 nitrogen and oxygen atoms in total. The summed E-state index contributed by atoms with van der Waals surface area (Å²) in [4.78, 5) is 24.3. The number of rotatable bonds is 4. The summed E-state index contributed by atoms with van der Waals surface area (Å²) in [6, 6.07) is 16.5. The molecule has 0 spiro atoms. The molecule has 0 amide bonds. The number of hydrogen-bond acceptors (Lipinski definition) is 3. The van der Waals surface area contributed by atoms with E-state index in [2.05, 4.69) is 16.4 Å². The van der Waals surface area contributed by atoms with E-state index in [1.165, 1.54) is 0 Å². The van der Waals surface area contributed by atoms with Crippen LogP contribution in [-0.2, 0) is 16.0 Å². The molecule has 0 aliphatic carbocycles. The lowest BCUT2D eigenvalue weighted by molar-refractivity contribution is -0.140. The number of aromatic nitrogens is 2. The maximum Gasteiger partial charge on any atom is 0.424 e. The van der Waals surface area contributed by atoms with Gasteiger partial charge in [0.15, 0.2) is 5.57 Å². The molecular weight excluding hydrogens is 385 g/mol. The predicted octanol–water partition coefficient (Wildman–Crippen LogP) is 2.05. The van der Waals surface area contributed by atoms with Crippen molar-refractivity contribution in [1.82, 2.24) is 9.78 Å². The molecule has 3 aromatic rings. The quantitative estimate of drug-likeness (QED) is 0.680. The highest BCUT2D eigenvalue weighted by Gasteiger charge is 2.41. The van der Waals surface area contributed by atoms with E-state index in [4.69, 9.17) is 0 Å². The molecule has 1 heterocycles. The van der Waals surface area contributed by atoms with Gasteiger partial charge >= 0.3 is 12.1 Å². The Morgan fingerprint density at radius 1 is 1.07 bits per heavy atom. The molecule has 0 fully saturated rings. The standard InChI is InChI=1S/C21H17F3N2O3/c1-13-17(18(20(28)29-2)21(22,23)24)19(27)26(25-13)16-10-8-15(9-11-16)12-14-6-4-3-5-7-14/h3-11,25H,1,12H2,2H3. The maximum absolute atomic E-state index is 13.3. The number of ether oxygens (including phenoxy) is 1. The molecule has 29 heavy (non-hydrogen) atoms. The fourth-order valence-electron chi connectivity index (χ4n) is 2.98. The zero-order valence-corrected chi connectivity index (χ0v) is 15.4. The Bertz CT molecular complexity index is 1190. The van der Waals surface area contributed by atoms with E-state index in [-0.39, 0.29) is 5.35 Å². The SMILES string of the molecule is C=c1[nH]n(-c2ccc(Cc3ccccc3)cc2)c(=O)c1=C(C(=O)OC)C(F)(F)F. The molecule has 8 heteroatoms. The molecule has 1 aromatic heterocycles. The monoisotopic (exact) mass is 402 g/mol. The first kappa shape index (κ1) is 20.2. The Balaban J connectivity index is 2.07. The van der Waals surface area contributed by atoms with Crippen molar-refractivity contribution >= 4 is 18.1 Å². The van der Waals surface area contributed by atoms with Crippen LogP contribution in [-0.4, -0.2) is 29.0 Å². The van der Waals surface area contributed by atoms with Gasteiger partial charge in [0.2, 0.25) is 0 Å². The zero-order chi connectivity index (χ0) is 21.2. The molecular formula is C21H17F3N2O3. The first-order valence-corrected chi connectivity index (χ1v) is 8.55. The lowest BCUT2D eigenvalue weighted by atomic mass is 10.0. The number of hydrogen-bond donors (Lipinski definition) is 1. The molecule has 0 aliphatic heterocycles. The van der Waals surface area contributed by atoms with Crippen LogP contribution in [0, 0.1) is 0 Å². The zero-order valence-electron chi connectivity index (χ0n) is 15.4. The molecule has 0 aliphatic rings. The second kappa shape index (κ2) is 7.83. The van der Waals surface area contributed by atoms with Gasteiger partial charge in [0.25, 0.3) is 5.56 Å². The first-order chi connectivity index (χ1) is 13.7. The third-order valence-electron chi connectivity index (χ3n) is 4.33. The summed E-state index contributed by atoms with van der Waals surface area (Å²) < 4.78 is 45.2. The van der Waals surface area contributed by atoms with Gasteiger partial charge in [0.05, 0.1) is 23.4 Å². The van der Waals surface area contributed by atoms with Crippen LogP contribution in [0.25, 0.3) is 17.8 Å². The number of nitrogens with one attached hydrogen (secondary N) is 1. The number of esters is 1. The Hall–Kier alpha value is -3.55. The van der Waals surface area contributed by atoms with Crippen LogP contribution >= 0.6 is 0 Å². The normalized spacial score (nSPS) is 12.6. The van der Waals surface area contributed by atoms with Gasteiger partial charge in [-0.3, -0.25) is 9.89 Å². The largest absolute Gasteiger partial charge is 0.465 e. The smallest absolute Gasteiger partial charge is 0.424 e. The van der Waals surface area contributed by atoms with Gasteiger partial charge in [-0.2, -0.15) is 13.2 Å². The number of H-pyrrole nitrogens is 1. The van der Waals surface area contributed by atoms with E-state index in [0.29, 0.717) is 12.1 Å². The van der Waals surface area contributed by atoms with Gasteiger partial charge in [-0.1, -0.05) is 49.0 Å². The minimum atomic E-state index is -5.07. The lowest BCUT2D eigenvalue weighted by Crippen LogP contribution is -2.42. The van der Waals surface area contributed by atoms with Crippen molar-refractivity contribution in [2.24, 2.45) is 0 Å². The molecule has 150 valence electrons. The van der Waals surface area contributed by atoms with Crippen molar-refractivity contribution in [2.75, 3.05) is 7.11 Å². The highest BCUT2D eigenvalue weighted by Crippen LogP contribution is 2.26. The first-order valence-electron chi connectivity index (χ1n) is 8.55. The average Bonchev–Trinajstić information content (AvgIpc) is 2.97. The Morgan fingerprint density at radius 2 is 1.66 bits per heavy atom. The van der Waals surface area contributed by atoms with Crippen LogP contribution < -0.4 is 16.1 Å². The molecule has 3 rings (SSSR count). The fraction of sp³-hybridized carbons (Fsp3) is 0.143. The van der Waals surface area contributed by atoms with E-state index in [1.54, 1.807) is 24.3 Å². The highest BCUT2D eigenvalue weighted by molar-refractivity contribution is 6.11. The maximum atomic E-state index is 13.3. The van der Waals surface area contributed by atoms with Crippen LogP contribution in [0.2, 0.25) is 0 Å². The molecule has 0 unspecified atom stereocenters. The highest BCUT2D eigenvalue weighted by atomic mass is 19.4. The van der Waals surface area contributed by atoms with Crippen molar-refractivity contribution in [2.45, 2.75) is 12.6 Å². The molecule has 2 aromatic carbocycles. The number of methoxy groups -OCH3 is 1. The molecule has 0 bridgehead atoms.